The Morgan fingerprint density at radius 3 is 2.36 bits per heavy atom. The molecule has 7 heteroatoms. The highest BCUT2D eigenvalue weighted by atomic mass is 32.1. The quantitative estimate of drug-likeness (QED) is 0.789. The first-order valence-electron chi connectivity index (χ1n) is 7.47. The Hall–Kier alpha value is -2.93. The standard InChI is InChI=1S/C18H18N2O4S/c1-11-3-8-15(9-12(11)2)24-10-16(21)20-18(25)19-14-6-4-13(5-7-14)17(22)23/h3-9H,10H2,1-2H3,(H,22,23)(H2,19,20,21,25)/p-1. The highest BCUT2D eigenvalue weighted by molar-refractivity contribution is 7.80. The molecule has 25 heavy (non-hydrogen) atoms. The summed E-state index contributed by atoms with van der Waals surface area (Å²) in [6, 6.07) is 11.4. The Morgan fingerprint density at radius 1 is 1.08 bits per heavy atom. The number of benzene rings is 2. The summed E-state index contributed by atoms with van der Waals surface area (Å²) in [6.45, 7) is 3.79. The lowest BCUT2D eigenvalue weighted by atomic mass is 10.1. The predicted molar refractivity (Wildman–Crippen MR) is 96.5 cm³/mol. The van der Waals surface area contributed by atoms with Gasteiger partial charge in [0.05, 0.1) is 5.97 Å². The molecular weight excluding hydrogens is 340 g/mol. The summed E-state index contributed by atoms with van der Waals surface area (Å²) in [6.07, 6.45) is 0. The molecular formula is C18H17N2O4S-. The molecule has 0 unspecified atom stereocenters. The monoisotopic (exact) mass is 357 g/mol. The first-order valence-corrected chi connectivity index (χ1v) is 7.88. The predicted octanol–water partition coefficient (Wildman–Crippen LogP) is 1.56. The number of carbonyl (C=O) groups excluding carboxylic acids is 2. The molecule has 0 aliphatic rings. The van der Waals surface area contributed by atoms with Crippen LogP contribution in [0.5, 0.6) is 5.75 Å². The summed E-state index contributed by atoms with van der Waals surface area (Å²) in [5, 5.41) is 16.0. The van der Waals surface area contributed by atoms with E-state index in [1.807, 2.05) is 26.0 Å². The number of carbonyl (C=O) groups is 2. The van der Waals surface area contributed by atoms with Crippen molar-refractivity contribution in [2.45, 2.75) is 13.8 Å². The minimum Gasteiger partial charge on any atom is -0.545 e. The van der Waals surface area contributed by atoms with Gasteiger partial charge in [-0.05, 0) is 67.0 Å². The van der Waals surface area contributed by atoms with Crippen LogP contribution in [0.3, 0.4) is 0 Å². The van der Waals surface area contributed by atoms with E-state index in [1.165, 1.54) is 24.3 Å². The second-order valence-corrected chi connectivity index (χ2v) is 5.81. The Bertz CT molecular complexity index is 803. The van der Waals surface area contributed by atoms with E-state index in [0.29, 0.717) is 11.4 Å². The number of anilines is 1. The molecule has 2 aromatic rings. The molecule has 1 amide bonds. The molecule has 0 saturated carbocycles. The summed E-state index contributed by atoms with van der Waals surface area (Å²) in [7, 11) is 0. The van der Waals surface area contributed by atoms with Gasteiger partial charge in [0.15, 0.2) is 11.7 Å². The molecule has 0 radical (unpaired) electrons. The van der Waals surface area contributed by atoms with Crippen LogP contribution >= 0.6 is 12.2 Å². The van der Waals surface area contributed by atoms with Gasteiger partial charge in [0, 0.05) is 5.69 Å². The van der Waals surface area contributed by atoms with Crippen LogP contribution in [0, 0.1) is 13.8 Å². The molecule has 130 valence electrons. The van der Waals surface area contributed by atoms with Crippen molar-refractivity contribution in [2.75, 3.05) is 11.9 Å². The number of amides is 1. The Balaban J connectivity index is 1.82. The molecule has 0 saturated heterocycles. The number of hydrogen-bond acceptors (Lipinski definition) is 5. The molecule has 6 nitrogen and oxygen atoms in total. The zero-order chi connectivity index (χ0) is 18.4. The van der Waals surface area contributed by atoms with Crippen LogP contribution in [0.1, 0.15) is 21.5 Å². The number of ether oxygens (including phenoxy) is 1. The highest BCUT2D eigenvalue weighted by Gasteiger charge is 2.07. The van der Waals surface area contributed by atoms with E-state index in [9.17, 15) is 14.7 Å². The van der Waals surface area contributed by atoms with Gasteiger partial charge in [-0.25, -0.2) is 0 Å². The maximum absolute atomic E-state index is 11.9. The highest BCUT2D eigenvalue weighted by Crippen LogP contribution is 2.16. The maximum Gasteiger partial charge on any atom is 0.264 e. The van der Waals surface area contributed by atoms with E-state index in [2.05, 4.69) is 10.6 Å². The SMILES string of the molecule is Cc1ccc(OCC(=O)NC(=S)Nc2ccc(C(=O)[O-])cc2)cc1C. The zero-order valence-corrected chi connectivity index (χ0v) is 14.6. The van der Waals surface area contributed by atoms with Gasteiger partial charge in [-0.15, -0.1) is 0 Å². The molecule has 0 bridgehead atoms. The molecule has 2 N–H and O–H groups in total. The van der Waals surface area contributed by atoms with E-state index < -0.39 is 11.9 Å². The van der Waals surface area contributed by atoms with Gasteiger partial charge in [-0.3, -0.25) is 10.1 Å². The van der Waals surface area contributed by atoms with Crippen LogP contribution in [-0.4, -0.2) is 23.6 Å². The number of aryl methyl sites for hydroxylation is 2. The molecule has 0 aliphatic heterocycles. The lowest BCUT2D eigenvalue weighted by molar-refractivity contribution is -0.255. The van der Waals surface area contributed by atoms with Crippen molar-refractivity contribution >= 4 is 34.9 Å². The fourth-order valence-electron chi connectivity index (χ4n) is 1.97. The van der Waals surface area contributed by atoms with E-state index >= 15 is 0 Å². The van der Waals surface area contributed by atoms with Crippen molar-refractivity contribution in [2.24, 2.45) is 0 Å². The van der Waals surface area contributed by atoms with Gasteiger partial charge in [0.25, 0.3) is 5.91 Å². The molecule has 2 rings (SSSR count). The molecule has 0 fully saturated rings. The number of hydrogen-bond donors (Lipinski definition) is 2. The average molecular weight is 357 g/mol. The van der Waals surface area contributed by atoms with Gasteiger partial charge in [-0.2, -0.15) is 0 Å². The van der Waals surface area contributed by atoms with Crippen LogP contribution < -0.4 is 20.5 Å². The smallest absolute Gasteiger partial charge is 0.264 e. The van der Waals surface area contributed by atoms with Gasteiger partial charge in [-0.1, -0.05) is 18.2 Å². The summed E-state index contributed by atoms with van der Waals surface area (Å²) in [4.78, 5) is 22.5. The molecule has 0 atom stereocenters. The largest absolute Gasteiger partial charge is 0.545 e. The minimum atomic E-state index is -1.26. The maximum atomic E-state index is 11.9. The first kappa shape index (κ1) is 18.4. The average Bonchev–Trinajstić information content (AvgIpc) is 2.56. The van der Waals surface area contributed by atoms with E-state index in [4.69, 9.17) is 17.0 Å². The third kappa shape index (κ3) is 5.58. The second kappa shape index (κ2) is 8.25. The van der Waals surface area contributed by atoms with Crippen molar-refractivity contribution < 1.29 is 19.4 Å². The minimum absolute atomic E-state index is 0.0577. The Labute approximate surface area is 150 Å². The van der Waals surface area contributed by atoms with Gasteiger partial charge < -0.3 is 20.0 Å². The van der Waals surface area contributed by atoms with Crippen LogP contribution in [0.15, 0.2) is 42.5 Å². The summed E-state index contributed by atoms with van der Waals surface area (Å²) < 4.78 is 5.43. The summed E-state index contributed by atoms with van der Waals surface area (Å²) >= 11 is 5.04. The number of nitrogens with one attached hydrogen (secondary N) is 2. The molecule has 2 aromatic carbocycles. The van der Waals surface area contributed by atoms with Crippen molar-refractivity contribution in [3.05, 3.63) is 59.2 Å². The third-order valence-electron chi connectivity index (χ3n) is 3.48. The Kier molecular flexibility index (Phi) is 6.08. The molecule has 0 aliphatic carbocycles. The number of carboxylic acid groups (broad SMARTS) is 1. The third-order valence-corrected chi connectivity index (χ3v) is 3.68. The molecule has 0 aromatic heterocycles. The molecule has 0 heterocycles. The van der Waals surface area contributed by atoms with Crippen molar-refractivity contribution in [3.63, 3.8) is 0 Å². The summed E-state index contributed by atoms with van der Waals surface area (Å²) in [5.41, 5.74) is 2.83. The Morgan fingerprint density at radius 2 is 1.76 bits per heavy atom. The summed E-state index contributed by atoms with van der Waals surface area (Å²) in [5.74, 6) is -1.05. The fraction of sp³-hybridized carbons (Fsp3) is 0.167. The van der Waals surface area contributed by atoms with E-state index in [1.54, 1.807) is 6.07 Å². The lowest BCUT2D eigenvalue weighted by Crippen LogP contribution is -2.37. The topological polar surface area (TPSA) is 90.5 Å². The number of carboxylic acids is 1. The lowest BCUT2D eigenvalue weighted by Gasteiger charge is -2.11. The fourth-order valence-corrected chi connectivity index (χ4v) is 2.20. The van der Waals surface area contributed by atoms with Crippen molar-refractivity contribution in [1.29, 1.82) is 0 Å². The van der Waals surface area contributed by atoms with E-state index in [0.717, 1.165) is 11.1 Å². The number of aromatic carboxylic acids is 1. The number of thiocarbonyl (C=S) groups is 1. The van der Waals surface area contributed by atoms with Crippen molar-refractivity contribution in [1.82, 2.24) is 5.32 Å². The second-order valence-electron chi connectivity index (χ2n) is 5.40. The normalized spacial score (nSPS) is 10.0. The van der Waals surface area contributed by atoms with Crippen LogP contribution in [0.2, 0.25) is 0 Å². The van der Waals surface area contributed by atoms with Gasteiger partial charge in [0.1, 0.15) is 5.75 Å². The molecule has 0 spiro atoms. The zero-order valence-electron chi connectivity index (χ0n) is 13.8. The van der Waals surface area contributed by atoms with Gasteiger partial charge in [0.2, 0.25) is 0 Å². The first-order chi connectivity index (χ1) is 11.8. The van der Waals surface area contributed by atoms with Crippen LogP contribution in [0.25, 0.3) is 0 Å². The number of rotatable bonds is 5. The van der Waals surface area contributed by atoms with Crippen LogP contribution in [-0.2, 0) is 4.79 Å². The van der Waals surface area contributed by atoms with Gasteiger partial charge >= 0.3 is 0 Å². The van der Waals surface area contributed by atoms with Crippen molar-refractivity contribution in [3.8, 4) is 5.75 Å². The van der Waals surface area contributed by atoms with Crippen LogP contribution in [0.4, 0.5) is 5.69 Å². The van der Waals surface area contributed by atoms with E-state index in [-0.39, 0.29) is 17.3 Å².